The lowest BCUT2D eigenvalue weighted by molar-refractivity contribution is -0.291. The predicted octanol–water partition coefficient (Wildman–Crippen LogP) is 4.35. The quantitative estimate of drug-likeness (QED) is 0.763. The number of nitrogens with two attached hydrogens (primary N) is 1. The fourth-order valence-corrected chi connectivity index (χ4v) is 1.61. The van der Waals surface area contributed by atoms with Gasteiger partial charge in [-0.15, -0.1) is 12.4 Å². The van der Waals surface area contributed by atoms with E-state index in [0.29, 0.717) is 12.1 Å². The largest absolute Gasteiger partial charge is 0.455 e. The van der Waals surface area contributed by atoms with Gasteiger partial charge in [-0.3, -0.25) is 0 Å². The Morgan fingerprint density at radius 1 is 1.00 bits per heavy atom. The number of halogens is 9. The normalized spacial score (nSPS) is 13.9. The van der Waals surface area contributed by atoms with Crippen molar-refractivity contribution in [3.8, 4) is 0 Å². The molecule has 0 saturated carbocycles. The molecule has 19 heavy (non-hydrogen) atoms. The van der Waals surface area contributed by atoms with Gasteiger partial charge in [0.1, 0.15) is 17.7 Å². The number of hydrogen-bond acceptors (Lipinski definition) is 1. The molecule has 0 heterocycles. The Balaban J connectivity index is 0.00000324. The molecule has 0 aliphatic heterocycles. The molecule has 1 rings (SSSR count). The Morgan fingerprint density at radius 3 is 1.68 bits per heavy atom. The van der Waals surface area contributed by atoms with Crippen LogP contribution in [0.25, 0.3) is 0 Å². The Kier molecular flexibility index (Phi) is 5.67. The average Bonchev–Trinajstić information content (AvgIpc) is 2.13. The number of rotatable bonds is 2. The van der Waals surface area contributed by atoms with Crippen molar-refractivity contribution in [2.24, 2.45) is 5.73 Å². The van der Waals surface area contributed by atoms with Crippen LogP contribution in [-0.4, -0.2) is 12.1 Å². The Bertz CT molecular complexity index is 439. The van der Waals surface area contributed by atoms with Crippen LogP contribution in [0.5, 0.6) is 0 Å². The molecule has 0 aromatic heterocycles. The number of hydrogen-bond donors (Lipinski definition) is 1. The monoisotopic (exact) mass is 375 g/mol. The van der Waals surface area contributed by atoms with Crippen molar-refractivity contribution in [2.45, 2.75) is 18.1 Å². The van der Waals surface area contributed by atoms with Crippen molar-refractivity contribution in [2.75, 3.05) is 0 Å². The van der Waals surface area contributed by atoms with Crippen molar-refractivity contribution in [3.63, 3.8) is 0 Å². The molecule has 0 amide bonds. The summed E-state index contributed by atoms with van der Waals surface area (Å²) in [4.78, 5) is 0. The predicted molar refractivity (Wildman–Crippen MR) is 59.2 cm³/mol. The fourth-order valence-electron chi connectivity index (χ4n) is 1.21. The van der Waals surface area contributed by atoms with E-state index >= 15 is 0 Å². The summed E-state index contributed by atoms with van der Waals surface area (Å²) >= 11 is 2.66. The zero-order valence-corrected chi connectivity index (χ0v) is 11.1. The first-order valence-electron chi connectivity index (χ1n) is 4.33. The van der Waals surface area contributed by atoms with Crippen LogP contribution in [0, 0.1) is 11.6 Å². The minimum absolute atomic E-state index is 0. The SMILES string of the molecule is Cl.N[C@H](c1c(F)cc(Br)cc1F)C(F)(F)C(F)(F)F. The van der Waals surface area contributed by atoms with Gasteiger partial charge >= 0.3 is 12.1 Å². The molecule has 10 heteroatoms. The summed E-state index contributed by atoms with van der Waals surface area (Å²) in [6.45, 7) is 0. The molecule has 110 valence electrons. The van der Waals surface area contributed by atoms with Crippen LogP contribution < -0.4 is 5.73 Å². The first-order chi connectivity index (χ1) is 7.98. The van der Waals surface area contributed by atoms with Gasteiger partial charge in [0.15, 0.2) is 0 Å². The van der Waals surface area contributed by atoms with E-state index in [1.807, 2.05) is 0 Å². The van der Waals surface area contributed by atoms with Crippen molar-refractivity contribution in [3.05, 3.63) is 33.8 Å². The number of benzene rings is 1. The van der Waals surface area contributed by atoms with Gasteiger partial charge in [0.05, 0.1) is 0 Å². The first kappa shape index (κ1) is 18.5. The second-order valence-electron chi connectivity index (χ2n) is 3.38. The van der Waals surface area contributed by atoms with Crippen LogP contribution in [0.4, 0.5) is 30.7 Å². The van der Waals surface area contributed by atoms with Crippen LogP contribution in [0.2, 0.25) is 0 Å². The molecule has 1 aromatic carbocycles. The maximum atomic E-state index is 13.2. The molecular weight excluding hydrogens is 370 g/mol. The van der Waals surface area contributed by atoms with Gasteiger partial charge in [-0.25, -0.2) is 8.78 Å². The van der Waals surface area contributed by atoms with Crippen LogP contribution in [-0.2, 0) is 0 Å². The van der Waals surface area contributed by atoms with E-state index in [0.717, 1.165) is 0 Å². The molecule has 0 unspecified atom stereocenters. The topological polar surface area (TPSA) is 26.0 Å². The molecule has 0 spiro atoms. The summed E-state index contributed by atoms with van der Waals surface area (Å²) in [5, 5.41) is 0. The third-order valence-electron chi connectivity index (χ3n) is 2.12. The van der Waals surface area contributed by atoms with Crippen molar-refractivity contribution in [1.82, 2.24) is 0 Å². The summed E-state index contributed by atoms with van der Waals surface area (Å²) in [6.07, 6.45) is -6.00. The van der Waals surface area contributed by atoms with Crippen LogP contribution >= 0.6 is 28.3 Å². The first-order valence-corrected chi connectivity index (χ1v) is 5.12. The van der Waals surface area contributed by atoms with Crippen LogP contribution in [0.15, 0.2) is 16.6 Å². The second-order valence-corrected chi connectivity index (χ2v) is 4.30. The summed E-state index contributed by atoms with van der Waals surface area (Å²) in [7, 11) is 0. The van der Waals surface area contributed by atoms with Crippen molar-refractivity contribution in [1.29, 1.82) is 0 Å². The van der Waals surface area contributed by atoms with E-state index in [4.69, 9.17) is 0 Å². The Morgan fingerprint density at radius 2 is 1.37 bits per heavy atom. The Hall–Kier alpha value is -0.540. The lowest BCUT2D eigenvalue weighted by Gasteiger charge is -2.26. The third-order valence-corrected chi connectivity index (χ3v) is 2.58. The molecule has 1 aromatic rings. The van der Waals surface area contributed by atoms with Crippen molar-refractivity contribution >= 4 is 28.3 Å². The molecule has 1 atom stereocenters. The van der Waals surface area contributed by atoms with Gasteiger partial charge in [0.25, 0.3) is 0 Å². The van der Waals surface area contributed by atoms with E-state index in [1.165, 1.54) is 0 Å². The lowest BCUT2D eigenvalue weighted by atomic mass is 10.00. The minimum atomic E-state index is -6.00. The molecule has 2 N–H and O–H groups in total. The summed E-state index contributed by atoms with van der Waals surface area (Å²) in [6, 6.07) is -2.07. The van der Waals surface area contributed by atoms with E-state index < -0.39 is 35.3 Å². The van der Waals surface area contributed by atoms with Gasteiger partial charge in [0.2, 0.25) is 0 Å². The standard InChI is InChI=1S/C9H5BrF7N.ClH/c10-3-1-4(11)6(5(12)2-3)7(18)8(13,14)9(15,16)17;/h1-2,7H,18H2;1H/t7-;/m1./s1. The molecule has 0 saturated heterocycles. The maximum Gasteiger partial charge on any atom is 0.455 e. The van der Waals surface area contributed by atoms with E-state index in [1.54, 1.807) is 0 Å². The molecular formula is C9H6BrClF7N. The van der Waals surface area contributed by atoms with Gasteiger partial charge in [0, 0.05) is 10.0 Å². The molecule has 0 aliphatic carbocycles. The second kappa shape index (κ2) is 5.84. The summed E-state index contributed by atoms with van der Waals surface area (Å²) in [5.41, 5.74) is 3.13. The van der Waals surface area contributed by atoms with Gasteiger partial charge < -0.3 is 5.73 Å². The summed E-state index contributed by atoms with van der Waals surface area (Å²) < 4.78 is 88.1. The molecule has 0 radical (unpaired) electrons. The maximum absolute atomic E-state index is 13.2. The molecule has 1 nitrogen and oxygen atoms in total. The van der Waals surface area contributed by atoms with E-state index in [9.17, 15) is 30.7 Å². The zero-order valence-electron chi connectivity index (χ0n) is 8.74. The van der Waals surface area contributed by atoms with Crippen molar-refractivity contribution < 1.29 is 30.7 Å². The molecule has 0 fully saturated rings. The van der Waals surface area contributed by atoms with Crippen LogP contribution in [0.3, 0.4) is 0 Å². The zero-order chi connectivity index (χ0) is 14.3. The lowest BCUT2D eigenvalue weighted by Crippen LogP contribution is -2.46. The van der Waals surface area contributed by atoms with Gasteiger partial charge in [-0.1, -0.05) is 15.9 Å². The minimum Gasteiger partial charge on any atom is -0.319 e. The number of alkyl halides is 5. The smallest absolute Gasteiger partial charge is 0.319 e. The highest BCUT2D eigenvalue weighted by molar-refractivity contribution is 9.10. The molecule has 0 aliphatic rings. The van der Waals surface area contributed by atoms with E-state index in [2.05, 4.69) is 21.7 Å². The molecule has 0 bridgehead atoms. The fraction of sp³-hybridized carbons (Fsp3) is 0.333. The highest BCUT2D eigenvalue weighted by Crippen LogP contribution is 2.44. The van der Waals surface area contributed by atoms with Crippen LogP contribution in [0.1, 0.15) is 11.6 Å². The highest BCUT2D eigenvalue weighted by atomic mass is 79.9. The average molecular weight is 376 g/mol. The van der Waals surface area contributed by atoms with Gasteiger partial charge in [-0.2, -0.15) is 22.0 Å². The van der Waals surface area contributed by atoms with Gasteiger partial charge in [-0.05, 0) is 12.1 Å². The summed E-state index contributed by atoms with van der Waals surface area (Å²) in [5.74, 6) is -8.61. The third kappa shape index (κ3) is 3.51. The van der Waals surface area contributed by atoms with E-state index in [-0.39, 0.29) is 16.9 Å². The highest BCUT2D eigenvalue weighted by Gasteiger charge is 2.62. The Labute approximate surface area is 117 Å².